The molecule has 0 spiro atoms. The Morgan fingerprint density at radius 2 is 1.93 bits per heavy atom. The lowest BCUT2D eigenvalue weighted by Crippen LogP contribution is -2.39. The van der Waals surface area contributed by atoms with Gasteiger partial charge in [-0.15, -0.1) is 35.3 Å². The zero-order valence-corrected chi connectivity index (χ0v) is 18.2. The summed E-state index contributed by atoms with van der Waals surface area (Å²) >= 11 is 0.965. The highest BCUT2D eigenvalue weighted by Gasteiger charge is 2.33. The van der Waals surface area contributed by atoms with Crippen LogP contribution in [-0.2, 0) is 17.4 Å². The molecule has 0 bridgehead atoms. The van der Waals surface area contributed by atoms with Gasteiger partial charge in [-0.2, -0.15) is 13.2 Å². The fraction of sp³-hybridized carbons (Fsp3) is 0.353. The Labute approximate surface area is 182 Å². The van der Waals surface area contributed by atoms with Crippen molar-refractivity contribution in [3.05, 3.63) is 46.4 Å². The molecule has 3 N–H and O–H groups in total. The van der Waals surface area contributed by atoms with Gasteiger partial charge < -0.3 is 16.0 Å². The first-order chi connectivity index (χ1) is 12.9. The molecule has 1 aromatic carbocycles. The van der Waals surface area contributed by atoms with Crippen LogP contribution >= 0.6 is 35.3 Å². The van der Waals surface area contributed by atoms with E-state index in [-0.39, 0.29) is 36.4 Å². The van der Waals surface area contributed by atoms with Crippen molar-refractivity contribution in [1.82, 2.24) is 15.6 Å². The molecule has 0 atom stereocenters. The van der Waals surface area contributed by atoms with Gasteiger partial charge in [0, 0.05) is 30.6 Å². The number of amides is 1. The Hall–Kier alpha value is -1.89. The lowest BCUT2D eigenvalue weighted by atomic mass is 10.3. The van der Waals surface area contributed by atoms with Crippen LogP contribution in [0.1, 0.15) is 17.6 Å². The van der Waals surface area contributed by atoms with Crippen molar-refractivity contribution in [3.8, 4) is 0 Å². The average Bonchev–Trinajstić information content (AvgIpc) is 3.10. The lowest BCUT2D eigenvalue weighted by molar-refractivity contribution is -0.140. The van der Waals surface area contributed by atoms with Gasteiger partial charge in [0.2, 0.25) is 5.91 Å². The molecule has 2 rings (SSSR count). The third-order valence-corrected chi connectivity index (χ3v) is 4.16. The van der Waals surface area contributed by atoms with Gasteiger partial charge in [0.05, 0.1) is 5.01 Å². The number of nitrogens with zero attached hydrogens (tertiary/aromatic N) is 2. The number of thiazole rings is 1. The molecule has 1 heterocycles. The van der Waals surface area contributed by atoms with Gasteiger partial charge in [-0.05, 0) is 19.1 Å². The average molecular weight is 527 g/mol. The molecule has 0 aliphatic carbocycles. The van der Waals surface area contributed by atoms with Crippen molar-refractivity contribution in [2.45, 2.75) is 19.5 Å². The monoisotopic (exact) mass is 527 g/mol. The van der Waals surface area contributed by atoms with Crippen LogP contribution in [0.5, 0.6) is 0 Å². The van der Waals surface area contributed by atoms with Gasteiger partial charge in [0.25, 0.3) is 0 Å². The number of rotatable bonds is 7. The number of halogens is 4. The Bertz CT molecular complexity index is 768. The molecule has 0 aliphatic rings. The van der Waals surface area contributed by atoms with Crippen LogP contribution in [0.25, 0.3) is 0 Å². The van der Waals surface area contributed by atoms with Crippen LogP contribution in [0.2, 0.25) is 0 Å². The number of aromatic nitrogens is 1. The minimum Gasteiger partial charge on any atom is -0.357 e. The van der Waals surface area contributed by atoms with Crippen LogP contribution in [0.4, 0.5) is 18.9 Å². The van der Waals surface area contributed by atoms with Crippen LogP contribution in [-0.4, -0.2) is 36.5 Å². The van der Waals surface area contributed by atoms with E-state index in [1.165, 1.54) is 0 Å². The second kappa shape index (κ2) is 11.8. The van der Waals surface area contributed by atoms with Crippen LogP contribution in [0, 0.1) is 0 Å². The van der Waals surface area contributed by atoms with Gasteiger partial charge in [0.1, 0.15) is 6.54 Å². The number of hydrogen-bond donors (Lipinski definition) is 3. The van der Waals surface area contributed by atoms with Crippen LogP contribution in [0.15, 0.2) is 40.7 Å². The van der Waals surface area contributed by atoms with Crippen molar-refractivity contribution < 1.29 is 18.0 Å². The highest BCUT2D eigenvalue weighted by molar-refractivity contribution is 14.0. The topological polar surface area (TPSA) is 78.4 Å². The van der Waals surface area contributed by atoms with Gasteiger partial charge >= 0.3 is 6.18 Å². The Morgan fingerprint density at radius 1 is 1.21 bits per heavy atom. The predicted octanol–water partition coefficient (Wildman–Crippen LogP) is 3.52. The quantitative estimate of drug-likeness (QED) is 0.293. The Kier molecular flexibility index (Phi) is 10.2. The maximum absolute atomic E-state index is 12.5. The number of para-hydroxylation sites is 1. The molecule has 0 aliphatic heterocycles. The van der Waals surface area contributed by atoms with E-state index in [4.69, 9.17) is 0 Å². The van der Waals surface area contributed by atoms with Crippen LogP contribution < -0.4 is 16.0 Å². The first kappa shape index (κ1) is 24.1. The van der Waals surface area contributed by atoms with E-state index >= 15 is 0 Å². The minimum absolute atomic E-state index is 0. The van der Waals surface area contributed by atoms with Crippen molar-refractivity contribution in [2.75, 3.05) is 25.0 Å². The maximum atomic E-state index is 12.5. The van der Waals surface area contributed by atoms with Gasteiger partial charge in [-0.25, -0.2) is 9.98 Å². The van der Waals surface area contributed by atoms with E-state index in [0.717, 1.165) is 16.7 Å². The van der Waals surface area contributed by atoms with Crippen molar-refractivity contribution >= 4 is 52.9 Å². The number of benzene rings is 1. The summed E-state index contributed by atoms with van der Waals surface area (Å²) in [4.78, 5) is 19.7. The molecule has 1 aromatic heterocycles. The van der Waals surface area contributed by atoms with E-state index in [1.807, 2.05) is 25.1 Å². The van der Waals surface area contributed by atoms with E-state index < -0.39 is 11.9 Å². The standard InChI is InChI=1S/C17H20F3N5OS.HI/c1-2-21-16(23-10-14(26)24-12-6-4-3-5-7-12)22-9-8-15-25-13(11-27-15)17(18,19)20;/h3-7,11H,2,8-10H2,1H3,(H,24,26)(H2,21,22,23);1H. The minimum atomic E-state index is -4.43. The number of anilines is 1. The summed E-state index contributed by atoms with van der Waals surface area (Å²) in [7, 11) is 0. The summed E-state index contributed by atoms with van der Waals surface area (Å²) in [6, 6.07) is 9.02. The van der Waals surface area contributed by atoms with E-state index in [9.17, 15) is 18.0 Å². The largest absolute Gasteiger partial charge is 0.434 e. The summed E-state index contributed by atoms with van der Waals surface area (Å²) in [6.45, 7) is 2.72. The number of aliphatic imine (C=N–C) groups is 1. The molecule has 2 aromatic rings. The van der Waals surface area contributed by atoms with Gasteiger partial charge in [0.15, 0.2) is 11.7 Å². The molecular formula is C17H21F3IN5OS. The summed E-state index contributed by atoms with van der Waals surface area (Å²) in [5.41, 5.74) is -0.194. The predicted molar refractivity (Wildman–Crippen MR) is 115 cm³/mol. The number of nitrogens with one attached hydrogen (secondary N) is 3. The molecule has 11 heteroatoms. The molecule has 0 fully saturated rings. The molecule has 6 nitrogen and oxygen atoms in total. The van der Waals surface area contributed by atoms with E-state index in [0.29, 0.717) is 36.2 Å². The smallest absolute Gasteiger partial charge is 0.357 e. The van der Waals surface area contributed by atoms with E-state index in [1.54, 1.807) is 12.1 Å². The normalized spacial score (nSPS) is 11.5. The second-order valence-corrected chi connectivity index (χ2v) is 6.35. The Balaban J connectivity index is 0.00000392. The fourth-order valence-electron chi connectivity index (χ4n) is 2.06. The number of carbonyl (C=O) groups is 1. The Morgan fingerprint density at radius 3 is 2.54 bits per heavy atom. The zero-order chi connectivity index (χ0) is 19.7. The number of guanidine groups is 1. The number of alkyl halides is 3. The highest BCUT2D eigenvalue weighted by atomic mass is 127. The highest BCUT2D eigenvalue weighted by Crippen LogP contribution is 2.29. The summed E-state index contributed by atoms with van der Waals surface area (Å²) in [6.07, 6.45) is -4.11. The van der Waals surface area contributed by atoms with Gasteiger partial charge in [-0.3, -0.25) is 4.79 Å². The molecule has 1 amide bonds. The molecular weight excluding hydrogens is 506 g/mol. The summed E-state index contributed by atoms with van der Waals surface area (Å²) in [5, 5.41) is 10.1. The lowest BCUT2D eigenvalue weighted by Gasteiger charge is -2.10. The first-order valence-electron chi connectivity index (χ1n) is 8.27. The van der Waals surface area contributed by atoms with Crippen molar-refractivity contribution in [2.24, 2.45) is 4.99 Å². The van der Waals surface area contributed by atoms with Crippen molar-refractivity contribution in [3.63, 3.8) is 0 Å². The SMILES string of the molecule is CCNC(=NCC(=O)Nc1ccccc1)NCCc1nc(C(F)(F)F)cs1.I. The summed E-state index contributed by atoms with van der Waals surface area (Å²) < 4.78 is 37.6. The second-order valence-electron chi connectivity index (χ2n) is 5.41. The molecule has 154 valence electrons. The maximum Gasteiger partial charge on any atom is 0.434 e. The number of carbonyl (C=O) groups excluding carboxylic acids is 1. The first-order valence-corrected chi connectivity index (χ1v) is 9.15. The molecule has 28 heavy (non-hydrogen) atoms. The van der Waals surface area contributed by atoms with Crippen LogP contribution in [0.3, 0.4) is 0 Å². The molecule has 0 saturated carbocycles. The van der Waals surface area contributed by atoms with E-state index in [2.05, 4.69) is 25.9 Å². The third-order valence-electron chi connectivity index (χ3n) is 3.26. The molecule has 0 saturated heterocycles. The zero-order valence-electron chi connectivity index (χ0n) is 15.0. The van der Waals surface area contributed by atoms with Crippen molar-refractivity contribution in [1.29, 1.82) is 0 Å². The third kappa shape index (κ3) is 8.42. The molecule has 0 unspecified atom stereocenters. The fourth-order valence-corrected chi connectivity index (χ4v) is 2.86. The van der Waals surface area contributed by atoms with Gasteiger partial charge in [-0.1, -0.05) is 18.2 Å². The number of hydrogen-bond acceptors (Lipinski definition) is 4. The summed E-state index contributed by atoms with van der Waals surface area (Å²) in [5.74, 6) is 0.140. The molecule has 0 radical (unpaired) electrons.